The van der Waals surface area contributed by atoms with Gasteiger partial charge in [0.2, 0.25) is 0 Å². The number of aromatic nitrogens is 1. The highest BCUT2D eigenvalue weighted by Crippen LogP contribution is 2.28. The van der Waals surface area contributed by atoms with Gasteiger partial charge in [-0.15, -0.1) is 0 Å². The third-order valence-electron chi connectivity index (χ3n) is 3.71. The van der Waals surface area contributed by atoms with Crippen molar-refractivity contribution in [1.29, 1.82) is 0 Å². The van der Waals surface area contributed by atoms with Crippen LogP contribution in [-0.4, -0.2) is 45.9 Å². The third kappa shape index (κ3) is 2.11. The number of hydrogen-bond acceptors (Lipinski definition) is 4. The van der Waals surface area contributed by atoms with Crippen LogP contribution in [0.5, 0.6) is 5.75 Å². The molecule has 1 aromatic rings. The molecule has 6 heteroatoms. The minimum absolute atomic E-state index is 0.0943. The molecule has 0 saturated carbocycles. The number of hydrogen-bond donors (Lipinski definition) is 0. The van der Waals surface area contributed by atoms with E-state index in [0.29, 0.717) is 24.6 Å². The van der Waals surface area contributed by atoms with E-state index in [4.69, 9.17) is 4.74 Å². The Hall–Kier alpha value is -2.11. The molecule has 6 nitrogen and oxygen atoms in total. The molecule has 0 spiro atoms. The van der Waals surface area contributed by atoms with Gasteiger partial charge in [-0.25, -0.2) is 4.79 Å². The molecule has 1 atom stereocenters. The topological polar surface area (TPSA) is 62.7 Å². The molecule has 0 N–H and O–H groups in total. The summed E-state index contributed by atoms with van der Waals surface area (Å²) in [4.78, 5) is 31.5. The first-order chi connectivity index (χ1) is 9.70. The van der Waals surface area contributed by atoms with Crippen molar-refractivity contribution in [2.75, 3.05) is 13.2 Å². The van der Waals surface area contributed by atoms with Crippen LogP contribution in [0.3, 0.4) is 0 Å². The van der Waals surface area contributed by atoms with Crippen LogP contribution >= 0.6 is 0 Å². The maximum Gasteiger partial charge on any atom is 0.327 e. The van der Waals surface area contributed by atoms with Crippen LogP contribution in [0.1, 0.15) is 25.5 Å². The Morgan fingerprint density at radius 1 is 1.40 bits per heavy atom. The molecule has 0 aromatic carbocycles. The van der Waals surface area contributed by atoms with Gasteiger partial charge in [0.1, 0.15) is 11.8 Å². The molecule has 0 bridgehead atoms. The molecule has 0 radical (unpaired) electrons. The maximum absolute atomic E-state index is 12.2. The summed E-state index contributed by atoms with van der Waals surface area (Å²) in [6, 6.07) is 3.16. The monoisotopic (exact) mass is 275 g/mol. The van der Waals surface area contributed by atoms with Crippen molar-refractivity contribution in [2.45, 2.75) is 32.4 Å². The average Bonchev–Trinajstić information content (AvgIpc) is 3.01. The van der Waals surface area contributed by atoms with Crippen molar-refractivity contribution in [3.8, 4) is 5.75 Å². The highest BCUT2D eigenvalue weighted by molar-refractivity contribution is 6.04. The fraction of sp³-hybridized carbons (Fsp3) is 0.500. The lowest BCUT2D eigenvalue weighted by atomic mass is 10.2. The molecule has 106 valence electrons. The molecular formula is C14H17N3O3. The van der Waals surface area contributed by atoms with E-state index < -0.39 is 0 Å². The Morgan fingerprint density at radius 2 is 2.25 bits per heavy atom. The van der Waals surface area contributed by atoms with E-state index in [1.54, 1.807) is 23.2 Å². The Kier molecular flexibility index (Phi) is 3.30. The average molecular weight is 275 g/mol. The number of pyridine rings is 1. The standard InChI is InChI=1S/C14H17N3O3/c1-2-20-11-6-5-10(15-8-11)9-17-13(18)12-4-3-7-16(12)14(17)19/h5-6,8,12H,2-4,7,9H2,1H3. The van der Waals surface area contributed by atoms with E-state index in [9.17, 15) is 9.59 Å². The Morgan fingerprint density at radius 3 is 2.90 bits per heavy atom. The van der Waals surface area contributed by atoms with Crippen molar-refractivity contribution in [3.05, 3.63) is 24.0 Å². The first-order valence-electron chi connectivity index (χ1n) is 6.90. The second kappa shape index (κ2) is 5.11. The van der Waals surface area contributed by atoms with Crippen molar-refractivity contribution >= 4 is 11.9 Å². The predicted molar refractivity (Wildman–Crippen MR) is 71.1 cm³/mol. The van der Waals surface area contributed by atoms with Crippen LogP contribution in [-0.2, 0) is 11.3 Å². The van der Waals surface area contributed by atoms with Gasteiger partial charge in [-0.3, -0.25) is 14.7 Å². The van der Waals surface area contributed by atoms with Gasteiger partial charge in [-0.05, 0) is 31.9 Å². The summed E-state index contributed by atoms with van der Waals surface area (Å²) < 4.78 is 5.32. The van der Waals surface area contributed by atoms with Gasteiger partial charge in [-0.2, -0.15) is 0 Å². The fourth-order valence-corrected chi connectivity index (χ4v) is 2.75. The second-order valence-corrected chi connectivity index (χ2v) is 4.98. The largest absolute Gasteiger partial charge is 0.492 e. The molecule has 1 aromatic heterocycles. The lowest BCUT2D eigenvalue weighted by Gasteiger charge is -2.15. The Labute approximate surface area is 117 Å². The van der Waals surface area contributed by atoms with Gasteiger partial charge in [0.25, 0.3) is 5.91 Å². The smallest absolute Gasteiger partial charge is 0.327 e. The van der Waals surface area contributed by atoms with Gasteiger partial charge < -0.3 is 9.64 Å². The summed E-state index contributed by atoms with van der Waals surface area (Å²) in [5.41, 5.74) is 0.691. The quantitative estimate of drug-likeness (QED) is 0.779. The number of carbonyl (C=O) groups excluding carboxylic acids is 2. The van der Waals surface area contributed by atoms with Crippen LogP contribution in [0, 0.1) is 0 Å². The van der Waals surface area contributed by atoms with Gasteiger partial charge >= 0.3 is 6.03 Å². The highest BCUT2D eigenvalue weighted by atomic mass is 16.5. The molecule has 3 amide bonds. The molecular weight excluding hydrogens is 258 g/mol. The Balaban J connectivity index is 1.71. The number of fused-ring (bicyclic) bond motifs is 1. The molecule has 2 aliphatic rings. The number of urea groups is 1. The lowest BCUT2D eigenvalue weighted by molar-refractivity contribution is -0.128. The van der Waals surface area contributed by atoms with E-state index in [2.05, 4.69) is 4.98 Å². The zero-order valence-corrected chi connectivity index (χ0v) is 11.4. The first-order valence-corrected chi connectivity index (χ1v) is 6.90. The maximum atomic E-state index is 12.2. The molecule has 0 aliphatic carbocycles. The van der Waals surface area contributed by atoms with Crippen molar-refractivity contribution < 1.29 is 14.3 Å². The number of rotatable bonds is 4. The van der Waals surface area contributed by atoms with Crippen molar-refractivity contribution in [1.82, 2.24) is 14.8 Å². The van der Waals surface area contributed by atoms with Gasteiger partial charge in [0, 0.05) is 6.54 Å². The zero-order valence-electron chi connectivity index (χ0n) is 11.4. The van der Waals surface area contributed by atoms with Gasteiger partial charge in [0.05, 0.1) is 25.0 Å². The zero-order chi connectivity index (χ0) is 14.1. The normalized spacial score (nSPS) is 21.6. The van der Waals surface area contributed by atoms with Crippen LogP contribution in [0.2, 0.25) is 0 Å². The molecule has 3 heterocycles. The minimum Gasteiger partial charge on any atom is -0.492 e. The van der Waals surface area contributed by atoms with E-state index in [0.717, 1.165) is 12.8 Å². The van der Waals surface area contributed by atoms with Gasteiger partial charge in [0.15, 0.2) is 0 Å². The number of amides is 3. The van der Waals surface area contributed by atoms with Crippen LogP contribution in [0.4, 0.5) is 4.79 Å². The van der Waals surface area contributed by atoms with E-state index in [-0.39, 0.29) is 24.5 Å². The predicted octanol–water partition coefficient (Wildman–Crippen LogP) is 1.41. The summed E-state index contributed by atoms with van der Waals surface area (Å²) in [5, 5.41) is 0. The minimum atomic E-state index is -0.245. The van der Waals surface area contributed by atoms with Crippen LogP contribution < -0.4 is 4.74 Å². The van der Waals surface area contributed by atoms with Crippen molar-refractivity contribution in [2.24, 2.45) is 0 Å². The molecule has 2 fully saturated rings. The second-order valence-electron chi connectivity index (χ2n) is 4.98. The molecule has 1 unspecified atom stereocenters. The first kappa shape index (κ1) is 12.9. The van der Waals surface area contributed by atoms with Crippen LogP contribution in [0.25, 0.3) is 0 Å². The summed E-state index contributed by atoms with van der Waals surface area (Å²) in [7, 11) is 0. The summed E-state index contributed by atoms with van der Waals surface area (Å²) in [6.07, 6.45) is 3.31. The fourth-order valence-electron chi connectivity index (χ4n) is 2.75. The molecule has 20 heavy (non-hydrogen) atoms. The van der Waals surface area contributed by atoms with E-state index >= 15 is 0 Å². The summed E-state index contributed by atoms with van der Waals surface area (Å²) >= 11 is 0. The number of imide groups is 1. The number of ether oxygens (including phenoxy) is 1. The molecule has 2 saturated heterocycles. The van der Waals surface area contributed by atoms with E-state index in [1.807, 2.05) is 6.92 Å². The molecule has 3 rings (SSSR count). The summed E-state index contributed by atoms with van der Waals surface area (Å²) in [6.45, 7) is 3.41. The SMILES string of the molecule is CCOc1ccc(CN2C(=O)C3CCCN3C2=O)nc1. The lowest BCUT2D eigenvalue weighted by Crippen LogP contribution is -2.32. The number of carbonyl (C=O) groups is 2. The number of nitrogens with zero attached hydrogens (tertiary/aromatic N) is 3. The van der Waals surface area contributed by atoms with Crippen molar-refractivity contribution in [3.63, 3.8) is 0 Å². The highest BCUT2D eigenvalue weighted by Gasteiger charge is 2.47. The summed E-state index contributed by atoms with van der Waals surface area (Å²) in [5.74, 6) is 0.596. The van der Waals surface area contributed by atoms with E-state index in [1.165, 1.54) is 4.90 Å². The van der Waals surface area contributed by atoms with Gasteiger partial charge in [-0.1, -0.05) is 0 Å². The van der Waals surface area contributed by atoms with Crippen LogP contribution in [0.15, 0.2) is 18.3 Å². The Bertz CT molecular complexity index is 507. The third-order valence-corrected chi connectivity index (χ3v) is 3.71. The molecule has 2 aliphatic heterocycles.